The first-order chi connectivity index (χ1) is 19.3. The fourth-order valence-corrected chi connectivity index (χ4v) is 10.2. The Morgan fingerprint density at radius 1 is 0.575 bits per heavy atom. The predicted molar refractivity (Wildman–Crippen MR) is 172 cm³/mol. The minimum atomic E-state index is -2.53. The van der Waals surface area contributed by atoms with Crippen LogP contribution >= 0.6 is 69.6 Å². The SMILES string of the molecule is ClC(Cl)Cl.ClC(Cl)Cl.O=[Se]1C(c2ccccc2)=CC2=C(c3ccccc3)C3c4ccccc4C21c1ccccc13. The van der Waals surface area contributed by atoms with E-state index in [0.717, 1.165) is 10.0 Å². The van der Waals surface area contributed by atoms with Gasteiger partial charge < -0.3 is 0 Å². The number of benzene rings is 4. The van der Waals surface area contributed by atoms with Crippen molar-refractivity contribution >= 4 is 93.5 Å². The fourth-order valence-electron chi connectivity index (χ4n) is 5.96. The van der Waals surface area contributed by atoms with Crippen molar-refractivity contribution in [3.8, 4) is 0 Å². The Bertz CT molecular complexity index is 1540. The fraction of sp³-hybridized carbons (Fsp3) is 0.125. The van der Waals surface area contributed by atoms with E-state index >= 15 is 0 Å². The maximum absolute atomic E-state index is 14.7. The molecular formula is C32H22Cl6OSe. The van der Waals surface area contributed by atoms with E-state index < -0.39 is 26.7 Å². The summed E-state index contributed by atoms with van der Waals surface area (Å²) in [4.78, 5) is 0. The van der Waals surface area contributed by atoms with Crippen LogP contribution in [0.3, 0.4) is 0 Å². The summed E-state index contributed by atoms with van der Waals surface area (Å²) in [6, 6.07) is 38.4. The van der Waals surface area contributed by atoms with Crippen LogP contribution in [0.4, 0.5) is 0 Å². The molecule has 4 aromatic rings. The van der Waals surface area contributed by atoms with Crippen molar-refractivity contribution in [1.29, 1.82) is 0 Å². The number of hydrogen-bond acceptors (Lipinski definition) is 1. The summed E-state index contributed by atoms with van der Waals surface area (Å²) in [5.74, 6) is 0.159. The van der Waals surface area contributed by atoms with Gasteiger partial charge in [0.25, 0.3) is 0 Å². The van der Waals surface area contributed by atoms with Crippen LogP contribution < -0.4 is 0 Å². The quantitative estimate of drug-likeness (QED) is 0.149. The molecule has 3 aliphatic carbocycles. The van der Waals surface area contributed by atoms with E-state index in [-0.39, 0.29) is 5.92 Å². The molecule has 1 nitrogen and oxygen atoms in total. The molecule has 1 aliphatic heterocycles. The van der Waals surface area contributed by atoms with Gasteiger partial charge in [-0.1, -0.05) is 69.6 Å². The van der Waals surface area contributed by atoms with E-state index in [1.54, 1.807) is 0 Å². The molecule has 1 heterocycles. The summed E-state index contributed by atoms with van der Waals surface area (Å²) >= 11 is 26.3. The molecule has 0 saturated heterocycles. The van der Waals surface area contributed by atoms with Crippen molar-refractivity contribution in [2.45, 2.75) is 18.8 Å². The number of rotatable bonds is 2. The van der Waals surface area contributed by atoms with E-state index in [2.05, 4.69) is 97.1 Å². The average Bonchev–Trinajstić information content (AvgIpc) is 3.27. The third-order valence-corrected chi connectivity index (χ3v) is 11.3. The van der Waals surface area contributed by atoms with Gasteiger partial charge in [-0.05, 0) is 0 Å². The van der Waals surface area contributed by atoms with Crippen molar-refractivity contribution in [1.82, 2.24) is 0 Å². The summed E-state index contributed by atoms with van der Waals surface area (Å²) < 4.78 is 13.7. The van der Waals surface area contributed by atoms with Gasteiger partial charge in [-0.3, -0.25) is 0 Å². The number of alkyl halides is 6. The molecule has 1 atom stereocenters. The summed E-state index contributed by atoms with van der Waals surface area (Å²) in [6.45, 7) is 0. The molecular weight excluding hydrogens is 692 g/mol. The minimum absolute atomic E-state index is 0.159. The Kier molecular flexibility index (Phi) is 9.52. The molecule has 204 valence electrons. The summed E-state index contributed by atoms with van der Waals surface area (Å²) in [5.41, 5.74) is 9.95. The van der Waals surface area contributed by atoms with Gasteiger partial charge in [-0.15, -0.1) is 0 Å². The molecule has 1 spiro atoms. The second-order valence-electron chi connectivity index (χ2n) is 9.12. The van der Waals surface area contributed by atoms with E-state index in [9.17, 15) is 3.83 Å². The molecule has 4 aromatic carbocycles. The molecule has 0 radical (unpaired) electrons. The van der Waals surface area contributed by atoms with Gasteiger partial charge in [0.1, 0.15) is 0 Å². The summed E-state index contributed by atoms with van der Waals surface area (Å²) in [6.07, 6.45) is 2.27. The number of allylic oxidation sites excluding steroid dienone is 3. The van der Waals surface area contributed by atoms with Gasteiger partial charge in [-0.25, -0.2) is 0 Å². The molecule has 4 aliphatic rings. The van der Waals surface area contributed by atoms with Gasteiger partial charge in [-0.2, -0.15) is 0 Å². The molecule has 0 amide bonds. The Morgan fingerprint density at radius 3 is 1.45 bits per heavy atom. The van der Waals surface area contributed by atoms with Crippen LogP contribution in [-0.4, -0.2) is 22.4 Å². The third-order valence-electron chi connectivity index (χ3n) is 7.16. The summed E-state index contributed by atoms with van der Waals surface area (Å²) in [5, 5.41) is 0. The molecule has 0 aromatic heterocycles. The zero-order valence-corrected chi connectivity index (χ0v) is 27.0. The monoisotopic (exact) mass is 712 g/mol. The Labute approximate surface area is 268 Å². The Balaban J connectivity index is 0.000000361. The molecule has 1 unspecified atom stereocenters. The third kappa shape index (κ3) is 5.35. The molecule has 8 heteroatoms. The topological polar surface area (TPSA) is 17.1 Å². The molecule has 40 heavy (non-hydrogen) atoms. The van der Waals surface area contributed by atoms with Crippen molar-refractivity contribution in [3.63, 3.8) is 0 Å². The number of halogens is 6. The van der Waals surface area contributed by atoms with E-state index in [1.165, 1.54) is 39.0 Å². The molecule has 0 fully saturated rings. The van der Waals surface area contributed by atoms with Crippen LogP contribution in [0, 0.1) is 0 Å². The van der Waals surface area contributed by atoms with E-state index in [0.29, 0.717) is 0 Å². The van der Waals surface area contributed by atoms with Crippen molar-refractivity contribution in [3.05, 3.63) is 154 Å². The zero-order valence-electron chi connectivity index (χ0n) is 20.8. The van der Waals surface area contributed by atoms with Crippen molar-refractivity contribution in [2.75, 3.05) is 0 Å². The van der Waals surface area contributed by atoms with Gasteiger partial charge in [0, 0.05) is 0 Å². The van der Waals surface area contributed by atoms with E-state index in [4.69, 9.17) is 69.6 Å². The first-order valence-electron chi connectivity index (χ1n) is 12.3. The predicted octanol–water partition coefficient (Wildman–Crippen LogP) is 10.5. The van der Waals surface area contributed by atoms with Crippen LogP contribution in [0.1, 0.15) is 39.3 Å². The van der Waals surface area contributed by atoms with Crippen LogP contribution in [-0.2, 0) is 8.15 Å². The van der Waals surface area contributed by atoms with Crippen molar-refractivity contribution < 1.29 is 3.83 Å². The molecule has 2 bridgehead atoms. The van der Waals surface area contributed by atoms with Gasteiger partial charge in [0.05, 0.1) is 0 Å². The molecule has 0 N–H and O–H groups in total. The van der Waals surface area contributed by atoms with Crippen LogP contribution in [0.15, 0.2) is 121 Å². The average molecular weight is 714 g/mol. The Hall–Kier alpha value is -1.58. The second kappa shape index (κ2) is 12.7. The zero-order chi connectivity index (χ0) is 28.4. The standard InChI is InChI=1S/C30H20OSe.2CHCl3/c31-32-27(20-11-3-1-4-12-20)19-26-28(21-13-5-2-6-14-21)29-22-15-7-9-17-24(22)30(26,32)25-18-10-8-16-23(25)29;2*2-1(3)4/h1-19,29H;2*1H. The van der Waals surface area contributed by atoms with Crippen LogP contribution in [0.2, 0.25) is 0 Å². The summed E-state index contributed by atoms with van der Waals surface area (Å²) in [7, 11) is 0. The van der Waals surface area contributed by atoms with Crippen LogP contribution in [0.25, 0.3) is 10.0 Å². The maximum atomic E-state index is 14.7. The van der Waals surface area contributed by atoms with Crippen molar-refractivity contribution in [2.24, 2.45) is 0 Å². The van der Waals surface area contributed by atoms with Crippen LogP contribution in [0.5, 0.6) is 0 Å². The molecule has 0 saturated carbocycles. The second-order valence-corrected chi connectivity index (χ2v) is 16.4. The van der Waals surface area contributed by atoms with Gasteiger partial charge >= 0.3 is 192 Å². The number of hydrogen-bond donors (Lipinski definition) is 0. The first kappa shape index (κ1) is 29.9. The van der Waals surface area contributed by atoms with Gasteiger partial charge in [0.15, 0.2) is 8.59 Å². The van der Waals surface area contributed by atoms with Gasteiger partial charge in [0.2, 0.25) is 0 Å². The van der Waals surface area contributed by atoms with E-state index in [1.807, 2.05) is 18.2 Å². The normalized spacial score (nSPS) is 21.4. The Morgan fingerprint density at radius 2 is 0.975 bits per heavy atom. The molecule has 8 rings (SSSR count). The first-order valence-corrected chi connectivity index (χ1v) is 17.3.